The van der Waals surface area contributed by atoms with Gasteiger partial charge in [0, 0.05) is 23.1 Å². The first-order valence-electron chi connectivity index (χ1n) is 6.41. The molecule has 2 unspecified atom stereocenters. The molecule has 0 radical (unpaired) electrons. The Labute approximate surface area is 116 Å². The zero-order valence-electron chi connectivity index (χ0n) is 10.9. The van der Waals surface area contributed by atoms with Gasteiger partial charge in [0.1, 0.15) is 5.82 Å². The van der Waals surface area contributed by atoms with E-state index in [2.05, 4.69) is 34.8 Å². The second kappa shape index (κ2) is 5.68. The zero-order valence-corrected chi connectivity index (χ0v) is 12.5. The molecule has 2 rings (SSSR count). The van der Waals surface area contributed by atoms with Gasteiger partial charge in [0.05, 0.1) is 0 Å². The molecule has 0 aromatic heterocycles. The maximum absolute atomic E-state index is 13.1. The smallest absolute Gasteiger partial charge is 0.124 e. The molecule has 1 fully saturated rings. The van der Waals surface area contributed by atoms with E-state index in [1.165, 1.54) is 25.0 Å². The summed E-state index contributed by atoms with van der Waals surface area (Å²) in [4.78, 5) is 2.32. The third-order valence-corrected chi connectivity index (χ3v) is 4.64. The minimum Gasteiger partial charge on any atom is -0.329 e. The number of rotatable bonds is 5. The standard InChI is InChI=1S/C14H20BrFN2/c1-9(12-6-5-11(16)7-13(12)15)18(2)14(8-17)10-3-4-10/h5-7,9-10,14H,3-4,8,17H2,1-2H3. The van der Waals surface area contributed by atoms with E-state index >= 15 is 0 Å². The molecule has 0 bridgehead atoms. The van der Waals surface area contributed by atoms with E-state index in [1.807, 2.05) is 6.07 Å². The molecule has 0 spiro atoms. The van der Waals surface area contributed by atoms with Crippen molar-refractivity contribution in [3.05, 3.63) is 34.1 Å². The van der Waals surface area contributed by atoms with Crippen molar-refractivity contribution in [2.45, 2.75) is 31.8 Å². The van der Waals surface area contributed by atoms with Crippen molar-refractivity contribution in [2.75, 3.05) is 13.6 Å². The van der Waals surface area contributed by atoms with Crippen LogP contribution in [0.2, 0.25) is 0 Å². The Morgan fingerprint density at radius 3 is 2.67 bits per heavy atom. The summed E-state index contributed by atoms with van der Waals surface area (Å²) in [7, 11) is 2.11. The van der Waals surface area contributed by atoms with Crippen molar-refractivity contribution in [1.82, 2.24) is 4.90 Å². The summed E-state index contributed by atoms with van der Waals surface area (Å²) < 4.78 is 13.9. The van der Waals surface area contributed by atoms with Crippen molar-refractivity contribution in [1.29, 1.82) is 0 Å². The molecule has 1 saturated carbocycles. The first-order valence-corrected chi connectivity index (χ1v) is 7.20. The van der Waals surface area contributed by atoms with Crippen LogP contribution in [0.25, 0.3) is 0 Å². The number of halogens is 2. The summed E-state index contributed by atoms with van der Waals surface area (Å²) in [5.74, 6) is 0.528. The van der Waals surface area contributed by atoms with Crippen LogP contribution < -0.4 is 5.73 Å². The number of benzene rings is 1. The first kappa shape index (κ1) is 14.0. The molecule has 1 aromatic carbocycles. The van der Waals surface area contributed by atoms with Crippen LogP contribution in [0.1, 0.15) is 31.4 Å². The molecular weight excluding hydrogens is 295 g/mol. The maximum Gasteiger partial charge on any atom is 0.124 e. The second-order valence-electron chi connectivity index (χ2n) is 5.15. The van der Waals surface area contributed by atoms with Gasteiger partial charge in [-0.15, -0.1) is 0 Å². The Morgan fingerprint density at radius 2 is 2.17 bits per heavy atom. The van der Waals surface area contributed by atoms with Crippen LogP contribution in [0.3, 0.4) is 0 Å². The van der Waals surface area contributed by atoms with Gasteiger partial charge in [-0.2, -0.15) is 0 Å². The van der Waals surface area contributed by atoms with Gasteiger partial charge in [-0.1, -0.05) is 22.0 Å². The third-order valence-electron chi connectivity index (χ3n) is 3.95. The Bertz CT molecular complexity index is 420. The number of hydrogen-bond acceptors (Lipinski definition) is 2. The largest absolute Gasteiger partial charge is 0.329 e. The zero-order chi connectivity index (χ0) is 13.3. The topological polar surface area (TPSA) is 29.3 Å². The molecule has 0 amide bonds. The van der Waals surface area contributed by atoms with Crippen molar-refractivity contribution in [3.63, 3.8) is 0 Å². The lowest BCUT2D eigenvalue weighted by Gasteiger charge is -2.33. The second-order valence-corrected chi connectivity index (χ2v) is 6.00. The van der Waals surface area contributed by atoms with Crippen LogP contribution in [-0.4, -0.2) is 24.5 Å². The molecule has 1 aliphatic carbocycles. The van der Waals surface area contributed by atoms with Gasteiger partial charge >= 0.3 is 0 Å². The monoisotopic (exact) mass is 314 g/mol. The summed E-state index contributed by atoms with van der Waals surface area (Å²) in [6.45, 7) is 2.83. The van der Waals surface area contributed by atoms with Crippen LogP contribution in [-0.2, 0) is 0 Å². The van der Waals surface area contributed by atoms with Gasteiger partial charge in [-0.05, 0) is 50.4 Å². The van der Waals surface area contributed by atoms with E-state index < -0.39 is 0 Å². The summed E-state index contributed by atoms with van der Waals surface area (Å²) in [6.07, 6.45) is 2.56. The lowest BCUT2D eigenvalue weighted by atomic mass is 10.0. The Morgan fingerprint density at radius 1 is 1.50 bits per heavy atom. The molecule has 18 heavy (non-hydrogen) atoms. The number of nitrogens with zero attached hydrogens (tertiary/aromatic N) is 1. The number of likely N-dealkylation sites (N-methyl/N-ethyl adjacent to an activating group) is 1. The van der Waals surface area contributed by atoms with Gasteiger partial charge < -0.3 is 5.73 Å². The van der Waals surface area contributed by atoms with Crippen LogP contribution in [0.5, 0.6) is 0 Å². The minimum atomic E-state index is -0.210. The van der Waals surface area contributed by atoms with E-state index in [9.17, 15) is 4.39 Å². The van der Waals surface area contributed by atoms with Crippen LogP contribution in [0, 0.1) is 11.7 Å². The lowest BCUT2D eigenvalue weighted by molar-refractivity contribution is 0.170. The predicted molar refractivity (Wildman–Crippen MR) is 75.8 cm³/mol. The highest BCUT2D eigenvalue weighted by Gasteiger charge is 2.34. The minimum absolute atomic E-state index is 0.210. The molecule has 2 atom stereocenters. The Hall–Kier alpha value is -0.450. The predicted octanol–water partition coefficient (Wildman–Crippen LogP) is 3.32. The molecule has 0 saturated heterocycles. The fraction of sp³-hybridized carbons (Fsp3) is 0.571. The average Bonchev–Trinajstić information content (AvgIpc) is 3.13. The van der Waals surface area contributed by atoms with Crippen LogP contribution in [0.4, 0.5) is 4.39 Å². The number of hydrogen-bond donors (Lipinski definition) is 1. The molecule has 0 heterocycles. The van der Waals surface area contributed by atoms with Gasteiger partial charge in [0.15, 0.2) is 0 Å². The van der Waals surface area contributed by atoms with Crippen LogP contribution in [0.15, 0.2) is 22.7 Å². The third kappa shape index (κ3) is 2.92. The van der Waals surface area contributed by atoms with Crippen molar-refractivity contribution in [3.8, 4) is 0 Å². The molecule has 0 aliphatic heterocycles. The Kier molecular flexibility index (Phi) is 4.41. The highest BCUT2D eigenvalue weighted by molar-refractivity contribution is 9.10. The fourth-order valence-corrected chi connectivity index (χ4v) is 3.20. The first-order chi connectivity index (χ1) is 8.54. The summed E-state index contributed by atoms with van der Waals surface area (Å²) in [6, 6.07) is 5.54. The molecule has 1 aliphatic rings. The lowest BCUT2D eigenvalue weighted by Crippen LogP contribution is -2.41. The molecule has 1 aromatic rings. The highest BCUT2D eigenvalue weighted by atomic mass is 79.9. The number of nitrogens with two attached hydrogens (primary N) is 1. The maximum atomic E-state index is 13.1. The van der Waals surface area contributed by atoms with Crippen LogP contribution >= 0.6 is 15.9 Å². The van der Waals surface area contributed by atoms with Crippen molar-refractivity contribution in [2.24, 2.45) is 11.7 Å². The molecule has 100 valence electrons. The summed E-state index contributed by atoms with van der Waals surface area (Å²) >= 11 is 3.44. The quantitative estimate of drug-likeness (QED) is 0.903. The van der Waals surface area contributed by atoms with E-state index in [0.29, 0.717) is 12.6 Å². The van der Waals surface area contributed by atoms with Crippen molar-refractivity contribution >= 4 is 15.9 Å². The summed E-state index contributed by atoms with van der Waals surface area (Å²) in [5, 5.41) is 0. The molecule has 2 nitrogen and oxygen atoms in total. The molecule has 2 N–H and O–H groups in total. The molecular formula is C14H20BrFN2. The summed E-state index contributed by atoms with van der Waals surface area (Å²) in [5.41, 5.74) is 6.99. The van der Waals surface area contributed by atoms with E-state index in [4.69, 9.17) is 5.73 Å². The van der Waals surface area contributed by atoms with Gasteiger partial charge in [0.25, 0.3) is 0 Å². The van der Waals surface area contributed by atoms with Gasteiger partial charge in [-0.3, -0.25) is 4.90 Å². The average molecular weight is 315 g/mol. The van der Waals surface area contributed by atoms with E-state index in [-0.39, 0.29) is 11.9 Å². The van der Waals surface area contributed by atoms with Gasteiger partial charge in [-0.25, -0.2) is 4.39 Å². The van der Waals surface area contributed by atoms with Gasteiger partial charge in [0.2, 0.25) is 0 Å². The van der Waals surface area contributed by atoms with E-state index in [0.717, 1.165) is 16.0 Å². The Balaban J connectivity index is 2.16. The fourth-order valence-electron chi connectivity index (χ4n) is 2.52. The molecule has 4 heteroatoms. The highest BCUT2D eigenvalue weighted by Crippen LogP contribution is 2.38. The van der Waals surface area contributed by atoms with E-state index in [1.54, 1.807) is 0 Å². The SMILES string of the molecule is CC(c1ccc(F)cc1Br)N(C)C(CN)C1CC1. The normalized spacial score (nSPS) is 19.0. The van der Waals surface area contributed by atoms with Crippen molar-refractivity contribution < 1.29 is 4.39 Å².